The maximum Gasteiger partial charge on any atom is 0.230 e. The van der Waals surface area contributed by atoms with Gasteiger partial charge in [0.25, 0.3) is 0 Å². The van der Waals surface area contributed by atoms with Gasteiger partial charge in [-0.3, -0.25) is 4.79 Å². The molecule has 0 aliphatic rings. The Kier molecular flexibility index (Phi) is 4.92. The summed E-state index contributed by atoms with van der Waals surface area (Å²) in [6.45, 7) is 5.11. The zero-order valence-electron chi connectivity index (χ0n) is 11.9. The van der Waals surface area contributed by atoms with Crippen LogP contribution in [0.4, 0.5) is 5.13 Å². The van der Waals surface area contributed by atoms with Crippen LogP contribution in [0.25, 0.3) is 10.2 Å². The molecular formula is C14H19N3O2S. The van der Waals surface area contributed by atoms with Crippen LogP contribution in [0.1, 0.15) is 13.8 Å². The van der Waals surface area contributed by atoms with Crippen LogP contribution in [-0.4, -0.2) is 31.1 Å². The topological polar surface area (TPSA) is 63.2 Å². The maximum absolute atomic E-state index is 11.9. The molecule has 5 nitrogen and oxygen atoms in total. The summed E-state index contributed by atoms with van der Waals surface area (Å²) in [5.41, 5.74) is 0.870. The van der Waals surface area contributed by atoms with E-state index < -0.39 is 0 Å². The molecule has 1 aromatic carbocycles. The quantitative estimate of drug-likeness (QED) is 0.859. The number of hydrogen-bond donors (Lipinski definition) is 2. The van der Waals surface area contributed by atoms with Crippen LogP contribution in [0.3, 0.4) is 0 Å². The largest absolute Gasteiger partial charge is 0.494 e. The maximum atomic E-state index is 11.9. The molecule has 0 aliphatic heterocycles. The van der Waals surface area contributed by atoms with Crippen LogP contribution in [0.2, 0.25) is 0 Å². The van der Waals surface area contributed by atoms with E-state index in [0.717, 1.165) is 16.0 Å². The minimum atomic E-state index is -0.0917. The van der Waals surface area contributed by atoms with Gasteiger partial charge in [-0.2, -0.15) is 0 Å². The summed E-state index contributed by atoms with van der Waals surface area (Å²) in [4.78, 5) is 16.3. The van der Waals surface area contributed by atoms with Crippen LogP contribution < -0.4 is 15.4 Å². The zero-order valence-corrected chi connectivity index (χ0v) is 12.7. The van der Waals surface area contributed by atoms with E-state index in [2.05, 4.69) is 15.6 Å². The van der Waals surface area contributed by atoms with Gasteiger partial charge in [0.2, 0.25) is 5.91 Å². The first-order valence-corrected chi connectivity index (χ1v) is 7.44. The lowest BCUT2D eigenvalue weighted by Gasteiger charge is -2.08. The normalized spacial score (nSPS) is 12.3. The number of hydrogen-bond acceptors (Lipinski definition) is 5. The highest BCUT2D eigenvalue weighted by molar-refractivity contribution is 7.22. The lowest BCUT2D eigenvalue weighted by molar-refractivity contribution is -0.119. The Morgan fingerprint density at radius 2 is 2.30 bits per heavy atom. The molecule has 1 unspecified atom stereocenters. The fourth-order valence-corrected chi connectivity index (χ4v) is 2.74. The molecule has 1 heterocycles. The predicted molar refractivity (Wildman–Crippen MR) is 82.5 cm³/mol. The van der Waals surface area contributed by atoms with Gasteiger partial charge < -0.3 is 15.4 Å². The van der Waals surface area contributed by atoms with Crippen LogP contribution in [-0.2, 0) is 4.79 Å². The molecule has 1 atom stereocenters. The van der Waals surface area contributed by atoms with Crippen LogP contribution in [0.15, 0.2) is 18.2 Å². The predicted octanol–water partition coefficient (Wildman–Crippen LogP) is 2.49. The van der Waals surface area contributed by atoms with Crippen molar-refractivity contribution in [2.24, 2.45) is 5.92 Å². The molecule has 2 rings (SSSR count). The highest BCUT2D eigenvalue weighted by Gasteiger charge is 2.14. The molecule has 0 radical (unpaired) electrons. The number of amides is 1. The number of ether oxygens (including phenoxy) is 1. The fourth-order valence-electron chi connectivity index (χ4n) is 1.84. The lowest BCUT2D eigenvalue weighted by Crippen LogP contribution is -2.28. The van der Waals surface area contributed by atoms with Crippen molar-refractivity contribution in [3.8, 4) is 5.75 Å². The number of carbonyl (C=O) groups excluding carboxylic acids is 1. The summed E-state index contributed by atoms with van der Waals surface area (Å²) in [6.07, 6.45) is 0. The molecule has 0 aliphatic carbocycles. The Hall–Kier alpha value is -1.66. The Bertz CT molecular complexity index is 597. The van der Waals surface area contributed by atoms with Gasteiger partial charge in [0, 0.05) is 12.5 Å². The van der Waals surface area contributed by atoms with Crippen LogP contribution in [0, 0.1) is 5.92 Å². The SMILES string of the molecule is CCOc1ccc2nc(NC(=O)C(C)CNC)sc2c1. The molecule has 1 aromatic heterocycles. The molecular weight excluding hydrogens is 274 g/mol. The first kappa shape index (κ1) is 14.7. The number of aromatic nitrogens is 1. The first-order chi connectivity index (χ1) is 9.63. The monoisotopic (exact) mass is 293 g/mol. The van der Waals surface area contributed by atoms with Gasteiger partial charge in [-0.15, -0.1) is 0 Å². The summed E-state index contributed by atoms with van der Waals surface area (Å²) < 4.78 is 6.46. The minimum absolute atomic E-state index is 0.0246. The highest BCUT2D eigenvalue weighted by atomic mass is 32.1. The van der Waals surface area contributed by atoms with Gasteiger partial charge in [-0.05, 0) is 32.2 Å². The molecule has 6 heteroatoms. The van der Waals surface area contributed by atoms with Crippen molar-refractivity contribution in [3.05, 3.63) is 18.2 Å². The number of nitrogens with zero attached hydrogens (tertiary/aromatic N) is 1. The van der Waals surface area contributed by atoms with Gasteiger partial charge >= 0.3 is 0 Å². The van der Waals surface area contributed by atoms with Crippen molar-refractivity contribution < 1.29 is 9.53 Å². The van der Waals surface area contributed by atoms with Crippen molar-refractivity contribution in [1.29, 1.82) is 0 Å². The third-order valence-corrected chi connectivity index (χ3v) is 3.79. The molecule has 2 N–H and O–H groups in total. The molecule has 0 saturated carbocycles. The van der Waals surface area contributed by atoms with E-state index in [-0.39, 0.29) is 11.8 Å². The summed E-state index contributed by atoms with van der Waals surface area (Å²) >= 11 is 1.46. The van der Waals surface area contributed by atoms with Gasteiger partial charge in [-0.1, -0.05) is 18.3 Å². The van der Waals surface area contributed by atoms with Crippen molar-refractivity contribution in [1.82, 2.24) is 10.3 Å². The van der Waals surface area contributed by atoms with E-state index in [1.54, 1.807) is 0 Å². The second-order valence-electron chi connectivity index (χ2n) is 4.53. The van der Waals surface area contributed by atoms with Gasteiger partial charge in [0.15, 0.2) is 5.13 Å². The number of rotatable bonds is 6. The van der Waals surface area contributed by atoms with Crippen molar-refractivity contribution in [2.75, 3.05) is 25.5 Å². The lowest BCUT2D eigenvalue weighted by atomic mass is 10.2. The molecule has 2 aromatic rings. The number of thiazole rings is 1. The Labute approximate surface area is 122 Å². The third-order valence-electron chi connectivity index (χ3n) is 2.86. The molecule has 1 amide bonds. The minimum Gasteiger partial charge on any atom is -0.494 e. The van der Waals surface area contributed by atoms with Crippen LogP contribution >= 0.6 is 11.3 Å². The summed E-state index contributed by atoms with van der Waals surface area (Å²) in [7, 11) is 1.83. The van der Waals surface area contributed by atoms with E-state index in [1.165, 1.54) is 11.3 Å². The smallest absolute Gasteiger partial charge is 0.230 e. The van der Waals surface area contributed by atoms with Crippen LogP contribution in [0.5, 0.6) is 5.75 Å². The Morgan fingerprint density at radius 3 is 3.00 bits per heavy atom. The molecule has 0 fully saturated rings. The van der Waals surface area contributed by atoms with E-state index in [1.807, 2.05) is 39.1 Å². The average Bonchev–Trinajstić information content (AvgIpc) is 2.80. The number of carbonyl (C=O) groups is 1. The summed E-state index contributed by atoms with van der Waals surface area (Å²) in [5.74, 6) is 0.708. The van der Waals surface area contributed by atoms with Crippen molar-refractivity contribution in [3.63, 3.8) is 0 Å². The number of benzene rings is 1. The fraction of sp³-hybridized carbons (Fsp3) is 0.429. The number of fused-ring (bicyclic) bond motifs is 1. The van der Waals surface area contributed by atoms with Crippen molar-refractivity contribution in [2.45, 2.75) is 13.8 Å². The summed E-state index contributed by atoms with van der Waals surface area (Å²) in [6, 6.07) is 5.74. The van der Waals surface area contributed by atoms with E-state index in [4.69, 9.17) is 4.74 Å². The van der Waals surface area contributed by atoms with E-state index in [9.17, 15) is 4.79 Å². The van der Waals surface area contributed by atoms with Gasteiger partial charge in [-0.25, -0.2) is 4.98 Å². The Balaban J connectivity index is 2.13. The second kappa shape index (κ2) is 6.67. The molecule has 0 bridgehead atoms. The molecule has 20 heavy (non-hydrogen) atoms. The van der Waals surface area contributed by atoms with E-state index in [0.29, 0.717) is 18.3 Å². The van der Waals surface area contributed by atoms with Crippen molar-refractivity contribution >= 4 is 32.6 Å². The third kappa shape index (κ3) is 3.46. The number of nitrogens with one attached hydrogen (secondary N) is 2. The van der Waals surface area contributed by atoms with Gasteiger partial charge in [0.1, 0.15) is 5.75 Å². The van der Waals surface area contributed by atoms with E-state index >= 15 is 0 Å². The highest BCUT2D eigenvalue weighted by Crippen LogP contribution is 2.29. The van der Waals surface area contributed by atoms with Gasteiger partial charge in [0.05, 0.1) is 16.8 Å². The average molecular weight is 293 g/mol. The first-order valence-electron chi connectivity index (χ1n) is 6.63. The zero-order chi connectivity index (χ0) is 14.5. The molecule has 0 spiro atoms. The number of anilines is 1. The Morgan fingerprint density at radius 1 is 1.50 bits per heavy atom. The molecule has 0 saturated heterocycles. The summed E-state index contributed by atoms with van der Waals surface area (Å²) in [5, 5.41) is 6.47. The second-order valence-corrected chi connectivity index (χ2v) is 5.56. The standard InChI is InChI=1S/C14H19N3O2S/c1-4-19-10-5-6-11-12(7-10)20-14(16-11)17-13(18)9(2)8-15-3/h5-7,9,15H,4,8H2,1-3H3,(H,16,17,18). The molecule has 108 valence electrons.